The summed E-state index contributed by atoms with van der Waals surface area (Å²) in [6, 6.07) is 12.1. The predicted octanol–water partition coefficient (Wildman–Crippen LogP) is 6.04. The Bertz CT molecular complexity index is 487. The summed E-state index contributed by atoms with van der Waals surface area (Å²) in [6.45, 7) is 4.32. The molecule has 0 N–H and O–H groups in total. The van der Waals surface area contributed by atoms with Gasteiger partial charge in [-0.15, -0.1) is 0 Å². The number of benzene rings is 2. The van der Waals surface area contributed by atoms with Crippen molar-refractivity contribution in [1.29, 1.82) is 0 Å². The van der Waals surface area contributed by atoms with Crippen molar-refractivity contribution >= 4 is 35.0 Å². The fraction of sp³-hybridized carbons (Fsp3) is 0.250. The van der Waals surface area contributed by atoms with Gasteiger partial charge < -0.3 is 0 Å². The minimum atomic E-state index is 0.751. The summed E-state index contributed by atoms with van der Waals surface area (Å²) in [5, 5.41) is 1.50. The van der Waals surface area contributed by atoms with E-state index < -0.39 is 0 Å². The summed E-state index contributed by atoms with van der Waals surface area (Å²) in [5.41, 5.74) is 5.13. The Kier molecular flexibility index (Phi) is 5.20. The maximum Gasteiger partial charge on any atom is 0.0461 e. The summed E-state index contributed by atoms with van der Waals surface area (Å²) in [6.07, 6.45) is 0. The van der Waals surface area contributed by atoms with E-state index in [-0.39, 0.29) is 0 Å². The minimum absolute atomic E-state index is 0.751. The number of hydrogen-bond acceptors (Lipinski definition) is 1. The van der Waals surface area contributed by atoms with Crippen molar-refractivity contribution in [3.05, 3.63) is 68.7 Å². The molecule has 3 heteroatoms. The first-order chi connectivity index (χ1) is 9.09. The molecule has 0 spiro atoms. The second-order valence-electron chi connectivity index (χ2n) is 4.56. The predicted molar refractivity (Wildman–Crippen MR) is 87.4 cm³/mol. The molecule has 0 unspecified atom stereocenters. The Morgan fingerprint density at radius 2 is 1.26 bits per heavy atom. The molecule has 0 atom stereocenters. The third-order valence-corrected chi connectivity index (χ3v) is 4.89. The van der Waals surface area contributed by atoms with Crippen LogP contribution in [-0.2, 0) is 11.5 Å². The van der Waals surface area contributed by atoms with Crippen LogP contribution in [0.4, 0.5) is 0 Å². The van der Waals surface area contributed by atoms with Crippen LogP contribution >= 0.6 is 35.0 Å². The second-order valence-corrected chi connectivity index (χ2v) is 6.36. The van der Waals surface area contributed by atoms with Crippen LogP contribution in [0.3, 0.4) is 0 Å². The maximum atomic E-state index is 6.18. The largest absolute Gasteiger partial charge is 0.152 e. The third kappa shape index (κ3) is 3.68. The number of thioether (sulfide) groups is 1. The molecule has 2 rings (SSSR count). The van der Waals surface area contributed by atoms with Crippen LogP contribution in [0.1, 0.15) is 22.3 Å². The van der Waals surface area contributed by atoms with E-state index in [4.69, 9.17) is 23.2 Å². The molecule has 100 valence electrons. The maximum absolute atomic E-state index is 6.18. The van der Waals surface area contributed by atoms with Gasteiger partial charge in [-0.2, -0.15) is 11.8 Å². The van der Waals surface area contributed by atoms with Crippen LogP contribution in [0.5, 0.6) is 0 Å². The van der Waals surface area contributed by atoms with E-state index in [1.807, 2.05) is 30.0 Å². The van der Waals surface area contributed by atoms with E-state index in [9.17, 15) is 0 Å². The van der Waals surface area contributed by atoms with E-state index >= 15 is 0 Å². The number of halogens is 2. The van der Waals surface area contributed by atoms with Crippen molar-refractivity contribution < 1.29 is 0 Å². The van der Waals surface area contributed by atoms with E-state index in [0.29, 0.717) is 0 Å². The Morgan fingerprint density at radius 3 is 1.84 bits per heavy atom. The lowest BCUT2D eigenvalue weighted by Crippen LogP contribution is -1.92. The Labute approximate surface area is 129 Å². The van der Waals surface area contributed by atoms with E-state index in [0.717, 1.165) is 27.1 Å². The van der Waals surface area contributed by atoms with Crippen LogP contribution in [0, 0.1) is 13.8 Å². The van der Waals surface area contributed by atoms with Gasteiger partial charge in [0.25, 0.3) is 0 Å². The number of aryl methyl sites for hydroxylation is 2. The number of rotatable bonds is 4. The summed E-state index contributed by atoms with van der Waals surface area (Å²) in [7, 11) is 0. The van der Waals surface area contributed by atoms with Gasteiger partial charge in [0.1, 0.15) is 0 Å². The normalized spacial score (nSPS) is 10.7. The van der Waals surface area contributed by atoms with Gasteiger partial charge in [0.15, 0.2) is 0 Å². The average molecular weight is 311 g/mol. The highest BCUT2D eigenvalue weighted by Crippen LogP contribution is 2.30. The zero-order chi connectivity index (χ0) is 13.8. The quantitative estimate of drug-likeness (QED) is 0.663. The molecule has 2 aromatic carbocycles. The molecule has 0 saturated carbocycles. The van der Waals surface area contributed by atoms with Gasteiger partial charge in [-0.1, -0.05) is 47.5 Å². The van der Waals surface area contributed by atoms with E-state index in [1.54, 1.807) is 0 Å². The molecular weight excluding hydrogens is 295 g/mol. The smallest absolute Gasteiger partial charge is 0.0461 e. The van der Waals surface area contributed by atoms with Gasteiger partial charge in [-0.3, -0.25) is 0 Å². The molecule has 0 aliphatic carbocycles. The zero-order valence-electron chi connectivity index (χ0n) is 11.0. The summed E-state index contributed by atoms with van der Waals surface area (Å²) < 4.78 is 0. The molecule has 19 heavy (non-hydrogen) atoms. The molecule has 0 bridgehead atoms. The lowest BCUT2D eigenvalue weighted by atomic mass is 10.1. The van der Waals surface area contributed by atoms with Crippen LogP contribution in [0.15, 0.2) is 36.4 Å². The molecule has 0 aromatic heterocycles. The van der Waals surface area contributed by atoms with Crippen molar-refractivity contribution in [3.63, 3.8) is 0 Å². The standard InChI is InChI=1S/C16H16Cl2S/c1-11-5-3-6-12(2)13(11)9-19-10-14-15(17)7-4-8-16(14)18/h3-8H,9-10H2,1-2H3. The van der Waals surface area contributed by atoms with Gasteiger partial charge in [0.2, 0.25) is 0 Å². The van der Waals surface area contributed by atoms with E-state index in [2.05, 4.69) is 32.0 Å². The first-order valence-corrected chi connectivity index (χ1v) is 8.06. The minimum Gasteiger partial charge on any atom is -0.152 e. The highest BCUT2D eigenvalue weighted by Gasteiger charge is 2.07. The monoisotopic (exact) mass is 310 g/mol. The molecule has 0 nitrogen and oxygen atoms in total. The number of hydrogen-bond donors (Lipinski definition) is 0. The van der Waals surface area contributed by atoms with Crippen LogP contribution in [-0.4, -0.2) is 0 Å². The van der Waals surface area contributed by atoms with Crippen LogP contribution in [0.25, 0.3) is 0 Å². The van der Waals surface area contributed by atoms with Crippen molar-refractivity contribution in [2.75, 3.05) is 0 Å². The van der Waals surface area contributed by atoms with Gasteiger partial charge in [0.05, 0.1) is 0 Å². The first-order valence-electron chi connectivity index (χ1n) is 6.15. The fourth-order valence-corrected chi connectivity index (χ4v) is 3.97. The first kappa shape index (κ1) is 14.8. The highest BCUT2D eigenvalue weighted by molar-refractivity contribution is 7.97. The summed E-state index contributed by atoms with van der Waals surface area (Å²) in [4.78, 5) is 0. The molecule has 0 aliphatic rings. The lowest BCUT2D eigenvalue weighted by Gasteiger charge is -2.10. The van der Waals surface area contributed by atoms with Crippen molar-refractivity contribution in [3.8, 4) is 0 Å². The lowest BCUT2D eigenvalue weighted by molar-refractivity contribution is 1.23. The SMILES string of the molecule is Cc1cccc(C)c1CSCc1c(Cl)cccc1Cl. The van der Waals surface area contributed by atoms with Gasteiger partial charge >= 0.3 is 0 Å². The topological polar surface area (TPSA) is 0 Å². The fourth-order valence-electron chi connectivity index (χ4n) is 2.00. The molecule has 0 radical (unpaired) electrons. The molecule has 0 aliphatic heterocycles. The van der Waals surface area contributed by atoms with Gasteiger partial charge in [-0.25, -0.2) is 0 Å². The Hall–Kier alpha value is -0.630. The molecule has 0 amide bonds. The molecule has 0 fully saturated rings. The average Bonchev–Trinajstić information content (AvgIpc) is 2.36. The van der Waals surface area contributed by atoms with Crippen molar-refractivity contribution in [2.45, 2.75) is 25.4 Å². The molecule has 2 aromatic rings. The van der Waals surface area contributed by atoms with Gasteiger partial charge in [-0.05, 0) is 48.2 Å². The second kappa shape index (κ2) is 6.69. The third-order valence-electron chi connectivity index (χ3n) is 3.20. The van der Waals surface area contributed by atoms with E-state index in [1.165, 1.54) is 16.7 Å². The molecule has 0 heterocycles. The van der Waals surface area contributed by atoms with Crippen LogP contribution < -0.4 is 0 Å². The van der Waals surface area contributed by atoms with Gasteiger partial charge in [0, 0.05) is 21.6 Å². The van der Waals surface area contributed by atoms with Crippen molar-refractivity contribution in [2.24, 2.45) is 0 Å². The highest BCUT2D eigenvalue weighted by atomic mass is 35.5. The van der Waals surface area contributed by atoms with Crippen molar-refractivity contribution in [1.82, 2.24) is 0 Å². The molecule has 0 saturated heterocycles. The summed E-state index contributed by atoms with van der Waals surface area (Å²) >= 11 is 14.2. The Morgan fingerprint density at radius 1 is 0.789 bits per heavy atom. The molecular formula is C16H16Cl2S. The summed E-state index contributed by atoms with van der Waals surface area (Å²) in [5.74, 6) is 1.83. The van der Waals surface area contributed by atoms with Crippen LogP contribution in [0.2, 0.25) is 10.0 Å². The zero-order valence-corrected chi connectivity index (χ0v) is 13.4. The Balaban J connectivity index is 2.05.